The second kappa shape index (κ2) is 4.91. The summed E-state index contributed by atoms with van der Waals surface area (Å²) in [5.41, 5.74) is 2.30. The minimum absolute atomic E-state index is 0.583. The van der Waals surface area contributed by atoms with Crippen LogP contribution in [0.3, 0.4) is 0 Å². The molecule has 2 unspecified atom stereocenters. The highest BCUT2D eigenvalue weighted by molar-refractivity contribution is 5.19. The summed E-state index contributed by atoms with van der Waals surface area (Å²) in [6, 6.07) is 0.679. The third-order valence-corrected chi connectivity index (χ3v) is 4.39. The van der Waals surface area contributed by atoms with E-state index in [0.717, 1.165) is 12.5 Å². The second-order valence-electron chi connectivity index (χ2n) is 6.21. The highest BCUT2D eigenvalue weighted by Gasteiger charge is 2.50. The molecule has 0 aromatic carbocycles. The van der Waals surface area contributed by atoms with E-state index in [0.29, 0.717) is 11.5 Å². The summed E-state index contributed by atoms with van der Waals surface area (Å²) in [4.78, 5) is 0. The van der Waals surface area contributed by atoms with Gasteiger partial charge in [0.15, 0.2) is 0 Å². The SMILES string of the molecule is CCNC(C1=CCCCCC1)C1CC1(C)C. The molecule has 2 aliphatic rings. The highest BCUT2D eigenvalue weighted by atomic mass is 14.9. The first-order valence-electron chi connectivity index (χ1n) is 7.07. The van der Waals surface area contributed by atoms with Crippen LogP contribution < -0.4 is 5.32 Å². The van der Waals surface area contributed by atoms with Gasteiger partial charge in [0.2, 0.25) is 0 Å². The van der Waals surface area contributed by atoms with E-state index >= 15 is 0 Å². The largest absolute Gasteiger partial charge is 0.310 e. The van der Waals surface area contributed by atoms with Crippen LogP contribution in [0.1, 0.15) is 59.3 Å². The summed E-state index contributed by atoms with van der Waals surface area (Å²) in [5.74, 6) is 0.886. The second-order valence-corrected chi connectivity index (χ2v) is 6.21. The van der Waals surface area contributed by atoms with Crippen molar-refractivity contribution in [3.63, 3.8) is 0 Å². The van der Waals surface area contributed by atoms with E-state index in [1.807, 2.05) is 0 Å². The normalized spacial score (nSPS) is 30.4. The molecule has 0 radical (unpaired) electrons. The van der Waals surface area contributed by atoms with Gasteiger partial charge in [-0.2, -0.15) is 0 Å². The lowest BCUT2D eigenvalue weighted by atomic mass is 9.94. The zero-order chi connectivity index (χ0) is 11.6. The molecule has 0 bridgehead atoms. The van der Waals surface area contributed by atoms with Crippen molar-refractivity contribution in [1.29, 1.82) is 0 Å². The summed E-state index contributed by atoms with van der Waals surface area (Å²) in [5, 5.41) is 3.73. The van der Waals surface area contributed by atoms with Crippen LogP contribution in [0.2, 0.25) is 0 Å². The van der Waals surface area contributed by atoms with Crippen LogP contribution >= 0.6 is 0 Å². The fourth-order valence-corrected chi connectivity index (χ4v) is 3.15. The molecular weight excluding hydrogens is 194 g/mol. The van der Waals surface area contributed by atoms with Crippen LogP contribution in [0, 0.1) is 11.3 Å². The Morgan fingerprint density at radius 3 is 2.75 bits per heavy atom. The van der Waals surface area contributed by atoms with Gasteiger partial charge < -0.3 is 5.32 Å². The number of hydrogen-bond donors (Lipinski definition) is 1. The molecule has 1 nitrogen and oxygen atoms in total. The maximum absolute atomic E-state index is 3.73. The van der Waals surface area contributed by atoms with E-state index in [1.165, 1.54) is 38.5 Å². The monoisotopic (exact) mass is 221 g/mol. The number of hydrogen-bond acceptors (Lipinski definition) is 1. The van der Waals surface area contributed by atoms with Crippen molar-refractivity contribution in [2.75, 3.05) is 6.54 Å². The Bertz CT molecular complexity index is 265. The van der Waals surface area contributed by atoms with Crippen molar-refractivity contribution in [3.8, 4) is 0 Å². The Labute approximate surface area is 101 Å². The fourth-order valence-electron chi connectivity index (χ4n) is 3.15. The molecule has 0 spiro atoms. The summed E-state index contributed by atoms with van der Waals surface area (Å²) >= 11 is 0. The van der Waals surface area contributed by atoms with Crippen LogP contribution in [-0.4, -0.2) is 12.6 Å². The number of rotatable bonds is 4. The Morgan fingerprint density at radius 1 is 1.38 bits per heavy atom. The summed E-state index contributed by atoms with van der Waals surface area (Å²) in [6.07, 6.45) is 10.8. The molecule has 0 aromatic rings. The van der Waals surface area contributed by atoms with Gasteiger partial charge in [0.1, 0.15) is 0 Å². The maximum Gasteiger partial charge on any atom is 0.0313 e. The molecule has 1 heteroatoms. The van der Waals surface area contributed by atoms with Gasteiger partial charge in [-0.15, -0.1) is 0 Å². The summed E-state index contributed by atoms with van der Waals surface area (Å²) < 4.78 is 0. The first kappa shape index (κ1) is 12.2. The minimum atomic E-state index is 0.583. The number of nitrogens with one attached hydrogen (secondary N) is 1. The molecular formula is C15H27N. The molecule has 1 fully saturated rings. The topological polar surface area (TPSA) is 12.0 Å². The third-order valence-electron chi connectivity index (χ3n) is 4.39. The van der Waals surface area contributed by atoms with E-state index in [2.05, 4.69) is 32.2 Å². The lowest BCUT2D eigenvalue weighted by Crippen LogP contribution is -2.34. The minimum Gasteiger partial charge on any atom is -0.310 e. The van der Waals surface area contributed by atoms with Gasteiger partial charge in [0, 0.05) is 6.04 Å². The van der Waals surface area contributed by atoms with Crippen LogP contribution in [-0.2, 0) is 0 Å². The van der Waals surface area contributed by atoms with Gasteiger partial charge >= 0.3 is 0 Å². The molecule has 1 saturated carbocycles. The molecule has 2 aliphatic carbocycles. The molecule has 0 heterocycles. The van der Waals surface area contributed by atoms with Gasteiger partial charge in [-0.05, 0) is 50.0 Å². The van der Waals surface area contributed by atoms with Crippen LogP contribution in [0.5, 0.6) is 0 Å². The van der Waals surface area contributed by atoms with Crippen LogP contribution in [0.4, 0.5) is 0 Å². The Kier molecular flexibility index (Phi) is 3.73. The molecule has 0 amide bonds. The molecule has 92 valence electrons. The quantitative estimate of drug-likeness (QED) is 0.710. The first-order valence-corrected chi connectivity index (χ1v) is 7.07. The average Bonchev–Trinajstić information content (AvgIpc) is 2.93. The predicted octanol–water partition coefficient (Wildman–Crippen LogP) is 3.90. The zero-order valence-corrected chi connectivity index (χ0v) is 11.2. The maximum atomic E-state index is 3.73. The zero-order valence-electron chi connectivity index (χ0n) is 11.2. The van der Waals surface area contributed by atoms with Crippen molar-refractivity contribution < 1.29 is 0 Å². The standard InChI is InChI=1S/C15H27N/c1-4-16-14(13-11-15(13,2)3)12-9-7-5-6-8-10-12/h9,13-14,16H,4-8,10-11H2,1-3H3. The number of allylic oxidation sites excluding steroid dienone is 1. The van der Waals surface area contributed by atoms with E-state index in [9.17, 15) is 0 Å². The molecule has 16 heavy (non-hydrogen) atoms. The molecule has 2 atom stereocenters. The van der Waals surface area contributed by atoms with Gasteiger partial charge in [0.05, 0.1) is 0 Å². The van der Waals surface area contributed by atoms with Gasteiger partial charge in [-0.3, -0.25) is 0 Å². The van der Waals surface area contributed by atoms with Gasteiger partial charge in [0.25, 0.3) is 0 Å². The lowest BCUT2D eigenvalue weighted by Gasteiger charge is -2.23. The number of likely N-dealkylation sites (N-methyl/N-ethyl adjacent to an activating group) is 1. The smallest absolute Gasteiger partial charge is 0.0313 e. The molecule has 1 N–H and O–H groups in total. The van der Waals surface area contributed by atoms with Crippen molar-refractivity contribution in [3.05, 3.63) is 11.6 Å². The molecule has 0 aliphatic heterocycles. The van der Waals surface area contributed by atoms with Crippen LogP contribution in [0.25, 0.3) is 0 Å². The lowest BCUT2D eigenvalue weighted by molar-refractivity contribution is 0.442. The average molecular weight is 221 g/mol. The highest BCUT2D eigenvalue weighted by Crippen LogP contribution is 2.55. The molecule has 0 aromatic heterocycles. The Balaban J connectivity index is 2.03. The summed E-state index contributed by atoms with van der Waals surface area (Å²) in [7, 11) is 0. The van der Waals surface area contributed by atoms with E-state index in [-0.39, 0.29) is 0 Å². The van der Waals surface area contributed by atoms with E-state index in [1.54, 1.807) is 5.57 Å². The third kappa shape index (κ3) is 2.68. The van der Waals surface area contributed by atoms with Crippen molar-refractivity contribution in [2.45, 2.75) is 65.3 Å². The first-order chi connectivity index (χ1) is 7.65. The van der Waals surface area contributed by atoms with E-state index in [4.69, 9.17) is 0 Å². The molecule has 2 rings (SSSR count). The Hall–Kier alpha value is -0.300. The fraction of sp³-hybridized carbons (Fsp3) is 0.867. The predicted molar refractivity (Wildman–Crippen MR) is 70.5 cm³/mol. The summed E-state index contributed by atoms with van der Waals surface area (Å²) in [6.45, 7) is 8.17. The van der Waals surface area contributed by atoms with Crippen LogP contribution in [0.15, 0.2) is 11.6 Å². The van der Waals surface area contributed by atoms with E-state index < -0.39 is 0 Å². The van der Waals surface area contributed by atoms with Gasteiger partial charge in [-0.25, -0.2) is 0 Å². The van der Waals surface area contributed by atoms with Crippen molar-refractivity contribution >= 4 is 0 Å². The Morgan fingerprint density at radius 2 is 2.12 bits per heavy atom. The molecule has 0 saturated heterocycles. The van der Waals surface area contributed by atoms with Crippen molar-refractivity contribution in [2.24, 2.45) is 11.3 Å². The van der Waals surface area contributed by atoms with Gasteiger partial charge in [-0.1, -0.05) is 38.8 Å². The van der Waals surface area contributed by atoms with Crippen molar-refractivity contribution in [1.82, 2.24) is 5.32 Å².